The molecule has 1 saturated heterocycles. The second kappa shape index (κ2) is 5.33. The van der Waals surface area contributed by atoms with E-state index in [9.17, 15) is 0 Å². The lowest BCUT2D eigenvalue weighted by Crippen LogP contribution is -2.41. The molecular formula is C13H20BClN2O2. The molecule has 2 N–H and O–H groups in total. The molecule has 0 aromatic heterocycles. The monoisotopic (exact) mass is 282 g/mol. The maximum atomic E-state index is 5.83. The van der Waals surface area contributed by atoms with Crippen molar-refractivity contribution in [3.63, 3.8) is 0 Å². The standard InChI is InChI=1S/C13H20BClN2O2/c1-12(2)13(3,4)19-14(18-12)17-9-16-11-7-5-10(15)6-8-11/h5-8,16-17H,9H2,1-4H3. The summed E-state index contributed by atoms with van der Waals surface area (Å²) in [7, 11) is -0.398. The number of anilines is 1. The lowest BCUT2D eigenvalue weighted by atomic mass is 9.90. The fourth-order valence-electron chi connectivity index (χ4n) is 1.73. The van der Waals surface area contributed by atoms with Crippen LogP contribution in [-0.4, -0.2) is 25.1 Å². The Balaban J connectivity index is 1.80. The molecule has 1 aromatic rings. The Labute approximate surface area is 120 Å². The van der Waals surface area contributed by atoms with Crippen LogP contribution in [0.15, 0.2) is 24.3 Å². The lowest BCUT2D eigenvalue weighted by Gasteiger charge is -2.32. The van der Waals surface area contributed by atoms with E-state index in [4.69, 9.17) is 20.9 Å². The molecule has 4 nitrogen and oxygen atoms in total. The van der Waals surface area contributed by atoms with Crippen LogP contribution < -0.4 is 10.5 Å². The summed E-state index contributed by atoms with van der Waals surface area (Å²) in [5.41, 5.74) is 0.365. The van der Waals surface area contributed by atoms with Gasteiger partial charge in [-0.25, -0.2) is 0 Å². The zero-order valence-electron chi connectivity index (χ0n) is 11.8. The van der Waals surface area contributed by atoms with Gasteiger partial charge in [-0.05, 0) is 52.0 Å². The highest BCUT2D eigenvalue weighted by molar-refractivity contribution is 6.42. The summed E-state index contributed by atoms with van der Waals surface area (Å²) in [4.78, 5) is 0. The van der Waals surface area contributed by atoms with Gasteiger partial charge in [-0.3, -0.25) is 5.23 Å². The highest BCUT2D eigenvalue weighted by Gasteiger charge is 2.51. The van der Waals surface area contributed by atoms with E-state index in [1.807, 2.05) is 52.0 Å². The van der Waals surface area contributed by atoms with Crippen molar-refractivity contribution in [2.24, 2.45) is 0 Å². The molecule has 0 unspecified atom stereocenters. The SMILES string of the molecule is CC1(C)OB(NCNc2ccc(Cl)cc2)OC1(C)C. The molecule has 0 amide bonds. The minimum atomic E-state index is -0.398. The molecule has 1 aliphatic heterocycles. The van der Waals surface area contributed by atoms with Crippen LogP contribution in [0, 0.1) is 0 Å². The molecular weight excluding hydrogens is 262 g/mol. The van der Waals surface area contributed by atoms with Crippen molar-refractivity contribution in [3.05, 3.63) is 29.3 Å². The van der Waals surface area contributed by atoms with E-state index in [2.05, 4.69) is 10.5 Å². The van der Waals surface area contributed by atoms with Crippen LogP contribution in [-0.2, 0) is 9.31 Å². The fraction of sp³-hybridized carbons (Fsp3) is 0.538. The summed E-state index contributed by atoms with van der Waals surface area (Å²) in [5.74, 6) is 0. The predicted molar refractivity (Wildman–Crippen MR) is 79.2 cm³/mol. The lowest BCUT2D eigenvalue weighted by molar-refractivity contribution is 0.00578. The molecule has 19 heavy (non-hydrogen) atoms. The highest BCUT2D eigenvalue weighted by Crippen LogP contribution is 2.35. The third-order valence-corrected chi connectivity index (χ3v) is 3.91. The first kappa shape index (κ1) is 14.7. The Kier molecular flexibility index (Phi) is 4.11. The van der Waals surface area contributed by atoms with Crippen molar-refractivity contribution in [2.45, 2.75) is 38.9 Å². The molecule has 0 spiro atoms. The van der Waals surface area contributed by atoms with Gasteiger partial charge < -0.3 is 14.6 Å². The fourth-order valence-corrected chi connectivity index (χ4v) is 1.86. The van der Waals surface area contributed by atoms with Crippen molar-refractivity contribution in [1.29, 1.82) is 0 Å². The van der Waals surface area contributed by atoms with Gasteiger partial charge in [0.2, 0.25) is 0 Å². The first-order chi connectivity index (χ1) is 8.80. The van der Waals surface area contributed by atoms with Crippen LogP contribution in [0.25, 0.3) is 0 Å². The molecule has 1 heterocycles. The molecule has 6 heteroatoms. The highest BCUT2D eigenvalue weighted by atomic mass is 35.5. The van der Waals surface area contributed by atoms with Crippen LogP contribution in [0.4, 0.5) is 5.69 Å². The van der Waals surface area contributed by atoms with Gasteiger partial charge in [-0.1, -0.05) is 11.6 Å². The average molecular weight is 283 g/mol. The molecule has 1 fully saturated rings. The minimum Gasteiger partial charge on any atom is -0.389 e. The Bertz CT molecular complexity index is 421. The van der Waals surface area contributed by atoms with Gasteiger partial charge in [0, 0.05) is 10.7 Å². The number of hydrogen-bond donors (Lipinski definition) is 2. The summed E-state index contributed by atoms with van der Waals surface area (Å²) >= 11 is 5.83. The van der Waals surface area contributed by atoms with E-state index in [1.165, 1.54) is 0 Å². The average Bonchev–Trinajstić information content (AvgIpc) is 2.50. The van der Waals surface area contributed by atoms with E-state index >= 15 is 0 Å². The molecule has 0 atom stereocenters. The van der Waals surface area contributed by atoms with Gasteiger partial charge in [0.25, 0.3) is 0 Å². The van der Waals surface area contributed by atoms with Gasteiger partial charge in [-0.2, -0.15) is 0 Å². The van der Waals surface area contributed by atoms with Crippen molar-refractivity contribution in [1.82, 2.24) is 5.23 Å². The van der Waals surface area contributed by atoms with Crippen molar-refractivity contribution in [3.8, 4) is 0 Å². The first-order valence-electron chi connectivity index (χ1n) is 6.39. The molecule has 0 radical (unpaired) electrons. The van der Waals surface area contributed by atoms with Crippen LogP contribution >= 0.6 is 11.6 Å². The maximum absolute atomic E-state index is 5.83. The molecule has 2 rings (SSSR count). The van der Waals surface area contributed by atoms with E-state index < -0.39 is 7.25 Å². The number of rotatable bonds is 4. The Morgan fingerprint density at radius 2 is 1.58 bits per heavy atom. The second-order valence-electron chi connectivity index (χ2n) is 5.65. The zero-order chi connectivity index (χ0) is 14.1. The summed E-state index contributed by atoms with van der Waals surface area (Å²) in [6.07, 6.45) is 0. The number of benzene rings is 1. The van der Waals surface area contributed by atoms with E-state index in [0.717, 1.165) is 10.7 Å². The van der Waals surface area contributed by atoms with E-state index in [0.29, 0.717) is 6.67 Å². The topological polar surface area (TPSA) is 42.5 Å². The Morgan fingerprint density at radius 3 is 2.11 bits per heavy atom. The van der Waals surface area contributed by atoms with Crippen LogP contribution in [0.5, 0.6) is 0 Å². The van der Waals surface area contributed by atoms with Crippen molar-refractivity contribution in [2.75, 3.05) is 12.0 Å². The zero-order valence-corrected chi connectivity index (χ0v) is 12.5. The third kappa shape index (κ3) is 3.42. The summed E-state index contributed by atoms with van der Waals surface area (Å²) in [6, 6.07) is 7.54. The second-order valence-corrected chi connectivity index (χ2v) is 6.09. The quantitative estimate of drug-likeness (QED) is 0.658. The van der Waals surface area contributed by atoms with Crippen molar-refractivity contribution >= 4 is 24.5 Å². The molecule has 1 aromatic carbocycles. The Hall–Kier alpha value is -0.745. The van der Waals surface area contributed by atoms with E-state index in [-0.39, 0.29) is 11.2 Å². The Morgan fingerprint density at radius 1 is 1.05 bits per heavy atom. The number of halogens is 1. The first-order valence-corrected chi connectivity index (χ1v) is 6.76. The normalized spacial score (nSPS) is 20.6. The van der Waals surface area contributed by atoms with Crippen molar-refractivity contribution < 1.29 is 9.31 Å². The number of hydrogen-bond acceptors (Lipinski definition) is 4. The largest absolute Gasteiger partial charge is 0.557 e. The summed E-state index contributed by atoms with van der Waals surface area (Å²) < 4.78 is 11.7. The minimum absolute atomic E-state index is 0.315. The summed E-state index contributed by atoms with van der Waals surface area (Å²) in [5, 5.41) is 7.12. The van der Waals surface area contributed by atoms with Crippen LogP contribution in [0.3, 0.4) is 0 Å². The third-order valence-electron chi connectivity index (χ3n) is 3.66. The van der Waals surface area contributed by atoms with Gasteiger partial charge in [0.1, 0.15) is 0 Å². The molecule has 0 saturated carbocycles. The maximum Gasteiger partial charge on any atom is 0.557 e. The van der Waals surface area contributed by atoms with Crippen LogP contribution in [0.2, 0.25) is 5.02 Å². The van der Waals surface area contributed by atoms with Gasteiger partial charge in [0.05, 0.1) is 17.9 Å². The predicted octanol–water partition coefficient (Wildman–Crippen LogP) is 2.89. The van der Waals surface area contributed by atoms with Gasteiger partial charge in [-0.15, -0.1) is 0 Å². The molecule has 1 aliphatic rings. The number of nitrogens with one attached hydrogen (secondary N) is 2. The molecule has 104 valence electrons. The van der Waals surface area contributed by atoms with E-state index in [1.54, 1.807) is 0 Å². The van der Waals surface area contributed by atoms with Gasteiger partial charge >= 0.3 is 7.25 Å². The summed E-state index contributed by atoms with van der Waals surface area (Å²) in [6.45, 7) is 8.67. The molecule has 0 aliphatic carbocycles. The van der Waals surface area contributed by atoms with Crippen LogP contribution in [0.1, 0.15) is 27.7 Å². The smallest absolute Gasteiger partial charge is 0.389 e. The molecule has 0 bridgehead atoms. The van der Waals surface area contributed by atoms with Gasteiger partial charge in [0.15, 0.2) is 0 Å².